The molecule has 1 amide bonds. The van der Waals surface area contributed by atoms with Gasteiger partial charge in [0.1, 0.15) is 6.61 Å². The molecule has 1 aliphatic carbocycles. The van der Waals surface area contributed by atoms with Gasteiger partial charge in [-0.2, -0.15) is 0 Å². The first-order valence-electron chi connectivity index (χ1n) is 8.97. The standard InChI is InChI=1S/C21H21N3O3/c1-24-20(25)12-14(23-24)10-11-22-21(26)27-13-19-17-8-4-2-6-15(17)16-7-3-5-9-18(16)19/h2-9,12,19,23H,10-11,13H2,1H3,(H,22,26). The van der Waals surface area contributed by atoms with E-state index in [9.17, 15) is 9.59 Å². The highest BCUT2D eigenvalue weighted by Crippen LogP contribution is 2.44. The molecule has 1 aliphatic rings. The maximum absolute atomic E-state index is 12.1. The minimum absolute atomic E-state index is 0.0497. The first-order chi connectivity index (χ1) is 13.1. The van der Waals surface area contributed by atoms with Crippen molar-refractivity contribution in [3.8, 4) is 11.1 Å². The van der Waals surface area contributed by atoms with Crippen molar-refractivity contribution in [1.29, 1.82) is 0 Å². The Kier molecular flexibility index (Phi) is 4.54. The van der Waals surface area contributed by atoms with Crippen LogP contribution < -0.4 is 10.9 Å². The molecule has 0 fully saturated rings. The van der Waals surface area contributed by atoms with Crippen molar-refractivity contribution in [3.63, 3.8) is 0 Å². The lowest BCUT2D eigenvalue weighted by Gasteiger charge is -2.14. The van der Waals surface area contributed by atoms with Gasteiger partial charge in [-0.1, -0.05) is 48.5 Å². The van der Waals surface area contributed by atoms with Crippen LogP contribution in [0.1, 0.15) is 22.7 Å². The van der Waals surface area contributed by atoms with E-state index in [1.807, 2.05) is 24.3 Å². The summed E-state index contributed by atoms with van der Waals surface area (Å²) in [5.74, 6) is 0.0497. The maximum Gasteiger partial charge on any atom is 0.407 e. The molecule has 1 aromatic heterocycles. The fourth-order valence-electron chi connectivity index (χ4n) is 3.63. The molecule has 6 heteroatoms. The number of rotatable bonds is 5. The van der Waals surface area contributed by atoms with E-state index in [0.717, 1.165) is 5.69 Å². The minimum Gasteiger partial charge on any atom is -0.449 e. The third-order valence-electron chi connectivity index (χ3n) is 4.95. The number of carbonyl (C=O) groups excluding carboxylic acids is 1. The summed E-state index contributed by atoms with van der Waals surface area (Å²) in [4.78, 5) is 23.5. The average molecular weight is 363 g/mol. The Morgan fingerprint density at radius 3 is 2.33 bits per heavy atom. The second kappa shape index (κ2) is 7.15. The van der Waals surface area contributed by atoms with Crippen molar-refractivity contribution in [1.82, 2.24) is 15.1 Å². The van der Waals surface area contributed by atoms with Gasteiger partial charge in [-0.25, -0.2) is 4.79 Å². The van der Waals surface area contributed by atoms with Crippen molar-refractivity contribution in [3.05, 3.63) is 81.8 Å². The fraction of sp³-hybridized carbons (Fsp3) is 0.238. The minimum atomic E-state index is -0.449. The number of aromatic amines is 1. The van der Waals surface area contributed by atoms with Crippen LogP contribution in [0.3, 0.4) is 0 Å². The SMILES string of the molecule is Cn1[nH]c(CCNC(=O)OCC2c3ccccc3-c3ccccc32)cc1=O. The number of fused-ring (bicyclic) bond motifs is 3. The van der Waals surface area contributed by atoms with Crippen LogP contribution in [0.5, 0.6) is 0 Å². The van der Waals surface area contributed by atoms with E-state index in [4.69, 9.17) is 4.74 Å². The number of hydrogen-bond donors (Lipinski definition) is 2. The van der Waals surface area contributed by atoms with E-state index in [-0.39, 0.29) is 11.5 Å². The lowest BCUT2D eigenvalue weighted by atomic mass is 9.98. The number of carbonyl (C=O) groups is 1. The van der Waals surface area contributed by atoms with Crippen LogP contribution in [0.2, 0.25) is 0 Å². The number of ether oxygens (including phenoxy) is 1. The lowest BCUT2D eigenvalue weighted by Crippen LogP contribution is -2.28. The van der Waals surface area contributed by atoms with Gasteiger partial charge in [0.2, 0.25) is 0 Å². The number of nitrogens with zero attached hydrogens (tertiary/aromatic N) is 1. The molecular weight excluding hydrogens is 342 g/mol. The summed E-state index contributed by atoms with van der Waals surface area (Å²) in [5, 5.41) is 5.67. The van der Waals surface area contributed by atoms with Crippen LogP contribution in [0, 0.1) is 0 Å². The Morgan fingerprint density at radius 2 is 1.74 bits per heavy atom. The van der Waals surface area contributed by atoms with E-state index in [2.05, 4.69) is 34.7 Å². The number of aryl methyl sites for hydroxylation is 1. The Hall–Kier alpha value is -3.28. The van der Waals surface area contributed by atoms with Crippen LogP contribution in [-0.4, -0.2) is 29.0 Å². The smallest absolute Gasteiger partial charge is 0.407 e. The van der Waals surface area contributed by atoms with Crippen LogP contribution in [0.15, 0.2) is 59.4 Å². The molecule has 0 unspecified atom stereocenters. The second-order valence-electron chi connectivity index (χ2n) is 6.68. The third-order valence-corrected chi connectivity index (χ3v) is 4.95. The molecule has 0 spiro atoms. The van der Waals surface area contributed by atoms with Crippen molar-refractivity contribution in [2.45, 2.75) is 12.3 Å². The normalized spacial score (nSPS) is 12.5. The van der Waals surface area contributed by atoms with Gasteiger partial charge in [-0.05, 0) is 22.3 Å². The van der Waals surface area contributed by atoms with Crippen LogP contribution in [0.4, 0.5) is 4.79 Å². The van der Waals surface area contributed by atoms with Gasteiger partial charge in [0.15, 0.2) is 0 Å². The second-order valence-corrected chi connectivity index (χ2v) is 6.68. The molecule has 1 heterocycles. The topological polar surface area (TPSA) is 76.1 Å². The molecule has 0 radical (unpaired) electrons. The van der Waals surface area contributed by atoms with E-state index < -0.39 is 6.09 Å². The van der Waals surface area contributed by atoms with Crippen molar-refractivity contribution >= 4 is 6.09 Å². The first-order valence-corrected chi connectivity index (χ1v) is 8.97. The number of H-pyrrole nitrogens is 1. The molecule has 138 valence electrons. The highest BCUT2D eigenvalue weighted by Gasteiger charge is 2.28. The summed E-state index contributed by atoms with van der Waals surface area (Å²) in [7, 11) is 1.66. The number of alkyl carbamates (subject to hydrolysis) is 1. The van der Waals surface area contributed by atoms with E-state index in [0.29, 0.717) is 19.6 Å². The van der Waals surface area contributed by atoms with Crippen LogP contribution in [0.25, 0.3) is 11.1 Å². The van der Waals surface area contributed by atoms with Gasteiger partial charge >= 0.3 is 6.09 Å². The van der Waals surface area contributed by atoms with Gasteiger partial charge in [-0.15, -0.1) is 0 Å². The summed E-state index contributed by atoms with van der Waals surface area (Å²) in [6.45, 7) is 0.693. The van der Waals surface area contributed by atoms with E-state index >= 15 is 0 Å². The number of hydrogen-bond acceptors (Lipinski definition) is 3. The zero-order valence-electron chi connectivity index (χ0n) is 15.1. The fourth-order valence-corrected chi connectivity index (χ4v) is 3.63. The van der Waals surface area contributed by atoms with E-state index in [1.165, 1.54) is 33.0 Å². The van der Waals surface area contributed by atoms with E-state index in [1.54, 1.807) is 7.05 Å². The Balaban J connectivity index is 1.36. The average Bonchev–Trinajstić information content (AvgIpc) is 3.17. The molecule has 6 nitrogen and oxygen atoms in total. The summed E-state index contributed by atoms with van der Waals surface area (Å²) in [6.07, 6.45) is 0.0930. The zero-order chi connectivity index (χ0) is 18.8. The number of nitrogens with one attached hydrogen (secondary N) is 2. The molecule has 2 aromatic carbocycles. The molecular formula is C21H21N3O3. The van der Waals surface area contributed by atoms with Gasteiger partial charge in [0, 0.05) is 37.7 Å². The highest BCUT2D eigenvalue weighted by atomic mass is 16.5. The van der Waals surface area contributed by atoms with Gasteiger partial charge in [0.25, 0.3) is 5.56 Å². The zero-order valence-corrected chi connectivity index (χ0v) is 15.1. The lowest BCUT2D eigenvalue weighted by molar-refractivity contribution is 0.143. The Labute approximate surface area is 156 Å². The van der Waals surface area contributed by atoms with Gasteiger partial charge < -0.3 is 10.1 Å². The quantitative estimate of drug-likeness (QED) is 0.732. The molecule has 4 rings (SSSR count). The number of aromatic nitrogens is 2. The monoisotopic (exact) mass is 363 g/mol. The Bertz CT molecular complexity index is 989. The van der Waals surface area contributed by atoms with Crippen molar-refractivity contribution in [2.24, 2.45) is 7.05 Å². The predicted octanol–water partition coefficient (Wildman–Crippen LogP) is 2.79. The van der Waals surface area contributed by atoms with Crippen LogP contribution in [-0.2, 0) is 18.2 Å². The molecule has 0 bridgehead atoms. The number of amides is 1. The Morgan fingerprint density at radius 1 is 1.11 bits per heavy atom. The summed E-state index contributed by atoms with van der Waals surface area (Å²) in [5.41, 5.74) is 5.47. The molecule has 0 saturated heterocycles. The van der Waals surface area contributed by atoms with Gasteiger partial charge in [-0.3, -0.25) is 14.6 Å². The van der Waals surface area contributed by atoms with Crippen LogP contribution >= 0.6 is 0 Å². The molecule has 3 aromatic rings. The molecule has 0 aliphatic heterocycles. The number of benzene rings is 2. The largest absolute Gasteiger partial charge is 0.449 e. The summed E-state index contributed by atoms with van der Waals surface area (Å²) < 4.78 is 6.88. The third kappa shape index (κ3) is 3.38. The molecule has 0 saturated carbocycles. The molecule has 0 atom stereocenters. The highest BCUT2D eigenvalue weighted by molar-refractivity contribution is 5.79. The first kappa shape index (κ1) is 17.1. The molecule has 2 N–H and O–H groups in total. The van der Waals surface area contributed by atoms with Gasteiger partial charge in [0.05, 0.1) is 0 Å². The summed E-state index contributed by atoms with van der Waals surface area (Å²) in [6, 6.07) is 18.0. The van der Waals surface area contributed by atoms with Crippen molar-refractivity contribution < 1.29 is 9.53 Å². The molecule has 27 heavy (non-hydrogen) atoms. The summed E-state index contributed by atoms with van der Waals surface area (Å²) >= 11 is 0. The predicted molar refractivity (Wildman–Crippen MR) is 103 cm³/mol. The van der Waals surface area contributed by atoms with Crippen molar-refractivity contribution in [2.75, 3.05) is 13.2 Å². The maximum atomic E-state index is 12.1.